The van der Waals surface area contributed by atoms with Gasteiger partial charge in [-0.3, -0.25) is 4.79 Å². The number of nitrogens with zero attached hydrogens (tertiary/aromatic N) is 2. The highest BCUT2D eigenvalue weighted by molar-refractivity contribution is 5.75. The zero-order chi connectivity index (χ0) is 13.8. The van der Waals surface area contributed by atoms with E-state index in [1.807, 2.05) is 4.90 Å². The van der Waals surface area contributed by atoms with E-state index in [0.717, 1.165) is 12.8 Å². The minimum absolute atomic E-state index is 0.0367. The largest absolute Gasteiger partial charge is 0.481 e. The number of aliphatic carboxylic acids is 1. The molecule has 2 atom stereocenters. The van der Waals surface area contributed by atoms with Gasteiger partial charge in [0.1, 0.15) is 0 Å². The number of carbonyl (C=O) groups is 2. The molecule has 0 spiro atoms. The number of morpholine rings is 1. The van der Waals surface area contributed by atoms with Crippen molar-refractivity contribution in [1.29, 1.82) is 0 Å². The zero-order valence-electron chi connectivity index (χ0n) is 11.4. The molecular weight excluding hydrogens is 248 g/mol. The fraction of sp³-hybridized carbons (Fsp3) is 0.846. The maximum atomic E-state index is 12.3. The summed E-state index contributed by atoms with van der Waals surface area (Å²) in [6.07, 6.45) is 1.99. The molecule has 6 nitrogen and oxygen atoms in total. The molecule has 0 aromatic rings. The summed E-state index contributed by atoms with van der Waals surface area (Å²) in [6, 6.07) is 0.0367. The topological polar surface area (TPSA) is 70.1 Å². The molecule has 19 heavy (non-hydrogen) atoms. The third-order valence-corrected chi connectivity index (χ3v) is 3.88. The first-order valence-corrected chi connectivity index (χ1v) is 6.97. The lowest BCUT2D eigenvalue weighted by molar-refractivity contribution is -0.138. The first-order chi connectivity index (χ1) is 9.10. The predicted octanol–water partition coefficient (Wildman–Crippen LogP) is 1.01. The van der Waals surface area contributed by atoms with E-state index in [1.54, 1.807) is 4.90 Å². The van der Waals surface area contributed by atoms with Crippen molar-refractivity contribution < 1.29 is 19.4 Å². The van der Waals surface area contributed by atoms with Gasteiger partial charge in [0.2, 0.25) is 0 Å². The van der Waals surface area contributed by atoms with Gasteiger partial charge in [-0.1, -0.05) is 6.92 Å². The van der Waals surface area contributed by atoms with Crippen LogP contribution in [-0.2, 0) is 9.53 Å². The molecule has 1 N–H and O–H groups in total. The smallest absolute Gasteiger partial charge is 0.320 e. The molecule has 2 heterocycles. The molecule has 2 aliphatic rings. The van der Waals surface area contributed by atoms with Crippen LogP contribution in [0.15, 0.2) is 0 Å². The highest BCUT2D eigenvalue weighted by Gasteiger charge is 2.32. The third-order valence-electron chi connectivity index (χ3n) is 3.88. The first-order valence-electron chi connectivity index (χ1n) is 6.97. The van der Waals surface area contributed by atoms with E-state index in [4.69, 9.17) is 9.84 Å². The summed E-state index contributed by atoms with van der Waals surface area (Å²) in [5, 5.41) is 8.78. The Hall–Kier alpha value is -1.30. The van der Waals surface area contributed by atoms with Crippen molar-refractivity contribution in [2.45, 2.75) is 32.3 Å². The molecule has 108 valence electrons. The second kappa shape index (κ2) is 6.23. The molecule has 0 bridgehead atoms. The van der Waals surface area contributed by atoms with E-state index in [2.05, 4.69) is 6.92 Å². The molecule has 2 saturated heterocycles. The van der Waals surface area contributed by atoms with E-state index in [-0.39, 0.29) is 24.5 Å². The van der Waals surface area contributed by atoms with Crippen LogP contribution in [0.25, 0.3) is 0 Å². The van der Waals surface area contributed by atoms with Crippen LogP contribution in [0.1, 0.15) is 26.2 Å². The minimum Gasteiger partial charge on any atom is -0.481 e. The molecule has 0 aromatic heterocycles. The van der Waals surface area contributed by atoms with E-state index < -0.39 is 5.97 Å². The van der Waals surface area contributed by atoms with Gasteiger partial charge in [0.25, 0.3) is 0 Å². The molecule has 2 fully saturated rings. The number of rotatable bonds is 3. The number of amides is 2. The van der Waals surface area contributed by atoms with Gasteiger partial charge in [0.15, 0.2) is 0 Å². The van der Waals surface area contributed by atoms with E-state index in [0.29, 0.717) is 32.8 Å². The van der Waals surface area contributed by atoms with Gasteiger partial charge < -0.3 is 19.6 Å². The Kier molecular flexibility index (Phi) is 4.63. The second-order valence-corrected chi connectivity index (χ2v) is 5.33. The van der Waals surface area contributed by atoms with Crippen LogP contribution in [-0.4, -0.2) is 65.8 Å². The lowest BCUT2D eigenvalue weighted by atomic mass is 10.1. The van der Waals surface area contributed by atoms with Crippen LogP contribution in [0.5, 0.6) is 0 Å². The number of urea groups is 1. The molecular formula is C13H22N2O4. The Labute approximate surface area is 113 Å². The van der Waals surface area contributed by atoms with Gasteiger partial charge in [-0.15, -0.1) is 0 Å². The summed E-state index contributed by atoms with van der Waals surface area (Å²) in [5.41, 5.74) is 0. The quantitative estimate of drug-likeness (QED) is 0.831. The fourth-order valence-corrected chi connectivity index (χ4v) is 2.76. The third kappa shape index (κ3) is 3.59. The number of carboxylic acids is 1. The zero-order valence-corrected chi connectivity index (χ0v) is 11.4. The Bertz CT molecular complexity index is 348. The highest BCUT2D eigenvalue weighted by Crippen LogP contribution is 2.21. The standard InChI is InChI=1S/C13H22N2O4/c1-2-11-9-15(5-6-19-11)13(18)14-4-3-10(8-14)7-12(16)17/h10-11H,2-9H2,1H3,(H,16,17). The molecule has 0 radical (unpaired) electrons. The monoisotopic (exact) mass is 270 g/mol. The summed E-state index contributed by atoms with van der Waals surface area (Å²) >= 11 is 0. The summed E-state index contributed by atoms with van der Waals surface area (Å²) in [4.78, 5) is 26.6. The van der Waals surface area contributed by atoms with Gasteiger partial charge >= 0.3 is 12.0 Å². The minimum atomic E-state index is -0.781. The van der Waals surface area contributed by atoms with Crippen LogP contribution in [0.3, 0.4) is 0 Å². The van der Waals surface area contributed by atoms with Crippen LogP contribution in [0.4, 0.5) is 4.79 Å². The molecule has 0 aliphatic carbocycles. The molecule has 2 aliphatic heterocycles. The average Bonchev–Trinajstić information content (AvgIpc) is 2.85. The molecule has 2 unspecified atom stereocenters. The summed E-state index contributed by atoms with van der Waals surface area (Å²) in [6.45, 7) is 5.17. The number of carboxylic acid groups (broad SMARTS) is 1. The van der Waals surface area contributed by atoms with E-state index in [1.165, 1.54) is 0 Å². The van der Waals surface area contributed by atoms with Crippen LogP contribution < -0.4 is 0 Å². The molecule has 0 saturated carbocycles. The number of hydrogen-bond acceptors (Lipinski definition) is 3. The molecule has 2 rings (SSSR count). The summed E-state index contributed by atoms with van der Waals surface area (Å²) in [5.74, 6) is -0.679. The molecule has 2 amide bonds. The molecule has 0 aromatic carbocycles. The van der Waals surface area contributed by atoms with Gasteiger partial charge in [0, 0.05) is 32.6 Å². The number of hydrogen-bond donors (Lipinski definition) is 1. The Morgan fingerprint density at radius 1 is 1.26 bits per heavy atom. The average molecular weight is 270 g/mol. The Morgan fingerprint density at radius 2 is 2.00 bits per heavy atom. The van der Waals surface area contributed by atoms with Crippen molar-refractivity contribution in [2.75, 3.05) is 32.8 Å². The van der Waals surface area contributed by atoms with Crippen molar-refractivity contribution in [3.8, 4) is 0 Å². The van der Waals surface area contributed by atoms with Crippen molar-refractivity contribution in [3.63, 3.8) is 0 Å². The molecule has 6 heteroatoms. The lowest BCUT2D eigenvalue weighted by Gasteiger charge is -2.35. The van der Waals surface area contributed by atoms with Crippen molar-refractivity contribution in [3.05, 3.63) is 0 Å². The maximum absolute atomic E-state index is 12.3. The Balaban J connectivity index is 1.85. The number of carbonyl (C=O) groups excluding carboxylic acids is 1. The van der Waals surface area contributed by atoms with E-state index >= 15 is 0 Å². The summed E-state index contributed by atoms with van der Waals surface area (Å²) < 4.78 is 5.55. The van der Waals surface area contributed by atoms with Crippen molar-refractivity contribution >= 4 is 12.0 Å². The van der Waals surface area contributed by atoms with Crippen LogP contribution >= 0.6 is 0 Å². The fourth-order valence-electron chi connectivity index (χ4n) is 2.76. The van der Waals surface area contributed by atoms with Gasteiger partial charge in [-0.05, 0) is 18.8 Å². The Morgan fingerprint density at radius 3 is 2.68 bits per heavy atom. The SMILES string of the molecule is CCC1CN(C(=O)N2CCC(CC(=O)O)C2)CCO1. The van der Waals surface area contributed by atoms with Gasteiger partial charge in [-0.2, -0.15) is 0 Å². The van der Waals surface area contributed by atoms with Crippen molar-refractivity contribution in [2.24, 2.45) is 5.92 Å². The van der Waals surface area contributed by atoms with Gasteiger partial charge in [-0.25, -0.2) is 4.79 Å². The second-order valence-electron chi connectivity index (χ2n) is 5.33. The van der Waals surface area contributed by atoms with E-state index in [9.17, 15) is 9.59 Å². The highest BCUT2D eigenvalue weighted by atomic mass is 16.5. The lowest BCUT2D eigenvalue weighted by Crippen LogP contribution is -2.50. The van der Waals surface area contributed by atoms with Crippen LogP contribution in [0, 0.1) is 5.92 Å². The normalized spacial score (nSPS) is 27.6. The number of ether oxygens (including phenoxy) is 1. The maximum Gasteiger partial charge on any atom is 0.320 e. The predicted molar refractivity (Wildman–Crippen MR) is 68.9 cm³/mol. The summed E-state index contributed by atoms with van der Waals surface area (Å²) in [7, 11) is 0. The van der Waals surface area contributed by atoms with Gasteiger partial charge in [0.05, 0.1) is 12.7 Å². The van der Waals surface area contributed by atoms with Crippen molar-refractivity contribution in [1.82, 2.24) is 9.80 Å². The van der Waals surface area contributed by atoms with Crippen LogP contribution in [0.2, 0.25) is 0 Å². The first kappa shape index (κ1) is 14.1. The number of likely N-dealkylation sites (tertiary alicyclic amines) is 1.